The molecule has 0 N–H and O–H groups in total. The second kappa shape index (κ2) is 4.61. The van der Waals surface area contributed by atoms with Gasteiger partial charge in [0.2, 0.25) is 0 Å². The van der Waals surface area contributed by atoms with E-state index in [9.17, 15) is 4.79 Å². The van der Waals surface area contributed by atoms with Gasteiger partial charge in [0.05, 0.1) is 12.6 Å². The van der Waals surface area contributed by atoms with Crippen LogP contribution in [-0.2, 0) is 4.74 Å². The fraction of sp³-hybridized carbons (Fsp3) is 0.400. The Morgan fingerprint density at radius 2 is 1.95 bits per heavy atom. The lowest BCUT2D eigenvalue weighted by atomic mass is 10.2. The molecule has 19 heavy (non-hydrogen) atoms. The van der Waals surface area contributed by atoms with Crippen molar-refractivity contribution in [2.75, 3.05) is 7.11 Å². The van der Waals surface area contributed by atoms with Crippen molar-refractivity contribution in [2.24, 2.45) is 0 Å². The zero-order chi connectivity index (χ0) is 14.2. The molecule has 0 bridgehead atoms. The number of hydrogen-bond donors (Lipinski definition) is 0. The number of aryl methyl sites for hydroxylation is 1. The molecule has 1 aromatic carbocycles. The second-order valence-corrected chi connectivity index (χ2v) is 5.55. The Labute approximate surface area is 112 Å². The smallest absolute Gasteiger partial charge is 0.418 e. The predicted molar refractivity (Wildman–Crippen MR) is 74.9 cm³/mol. The number of carbonyl (C=O) groups is 1. The largest absolute Gasteiger partial charge is 0.497 e. The summed E-state index contributed by atoms with van der Waals surface area (Å²) in [6.45, 7) is 7.52. The summed E-state index contributed by atoms with van der Waals surface area (Å²) >= 11 is 0. The highest BCUT2D eigenvalue weighted by atomic mass is 16.6. The van der Waals surface area contributed by atoms with Crippen molar-refractivity contribution in [1.29, 1.82) is 0 Å². The van der Waals surface area contributed by atoms with Gasteiger partial charge in [-0.05, 0) is 51.5 Å². The van der Waals surface area contributed by atoms with Gasteiger partial charge in [0.25, 0.3) is 0 Å². The van der Waals surface area contributed by atoms with E-state index in [-0.39, 0.29) is 6.09 Å². The van der Waals surface area contributed by atoms with Gasteiger partial charge >= 0.3 is 6.09 Å². The van der Waals surface area contributed by atoms with Crippen LogP contribution >= 0.6 is 0 Å². The average molecular weight is 261 g/mol. The van der Waals surface area contributed by atoms with Crippen LogP contribution in [-0.4, -0.2) is 23.4 Å². The monoisotopic (exact) mass is 261 g/mol. The van der Waals surface area contributed by atoms with Crippen molar-refractivity contribution in [3.8, 4) is 5.75 Å². The molecule has 0 atom stereocenters. The molecule has 1 heterocycles. The van der Waals surface area contributed by atoms with Crippen molar-refractivity contribution < 1.29 is 14.3 Å². The van der Waals surface area contributed by atoms with E-state index in [4.69, 9.17) is 9.47 Å². The molecule has 0 saturated heterocycles. The lowest BCUT2D eigenvalue weighted by Gasteiger charge is -2.19. The van der Waals surface area contributed by atoms with Gasteiger partial charge < -0.3 is 9.47 Å². The summed E-state index contributed by atoms with van der Waals surface area (Å²) in [5, 5.41) is 0.991. The van der Waals surface area contributed by atoms with Crippen LogP contribution in [0.4, 0.5) is 4.79 Å². The molecule has 0 fully saturated rings. The molecular weight excluding hydrogens is 242 g/mol. The Morgan fingerprint density at radius 1 is 1.26 bits per heavy atom. The van der Waals surface area contributed by atoms with Crippen LogP contribution in [0.25, 0.3) is 10.9 Å². The van der Waals surface area contributed by atoms with Crippen LogP contribution in [0.15, 0.2) is 24.4 Å². The highest BCUT2D eigenvalue weighted by Crippen LogP contribution is 2.26. The summed E-state index contributed by atoms with van der Waals surface area (Å²) < 4.78 is 12.1. The first-order valence-corrected chi connectivity index (χ1v) is 6.21. The topological polar surface area (TPSA) is 40.5 Å². The summed E-state index contributed by atoms with van der Waals surface area (Å²) in [6, 6.07) is 5.62. The maximum Gasteiger partial charge on any atom is 0.418 e. The number of nitrogens with zero attached hydrogens (tertiary/aromatic N) is 1. The van der Waals surface area contributed by atoms with Gasteiger partial charge in [0, 0.05) is 11.6 Å². The van der Waals surface area contributed by atoms with Crippen molar-refractivity contribution in [1.82, 2.24) is 4.57 Å². The fourth-order valence-electron chi connectivity index (χ4n) is 1.96. The summed E-state index contributed by atoms with van der Waals surface area (Å²) in [7, 11) is 1.63. The van der Waals surface area contributed by atoms with Gasteiger partial charge in [0.1, 0.15) is 11.4 Å². The number of carbonyl (C=O) groups excluding carboxylic acids is 1. The van der Waals surface area contributed by atoms with Crippen LogP contribution in [0.1, 0.15) is 26.3 Å². The zero-order valence-corrected chi connectivity index (χ0v) is 12.0. The quantitative estimate of drug-likeness (QED) is 0.785. The van der Waals surface area contributed by atoms with Crippen molar-refractivity contribution in [3.05, 3.63) is 30.0 Å². The van der Waals surface area contributed by atoms with Crippen LogP contribution in [0.3, 0.4) is 0 Å². The third-order valence-corrected chi connectivity index (χ3v) is 2.80. The molecule has 0 amide bonds. The zero-order valence-electron chi connectivity index (χ0n) is 12.0. The van der Waals surface area contributed by atoms with Crippen molar-refractivity contribution in [2.45, 2.75) is 33.3 Å². The highest BCUT2D eigenvalue weighted by Gasteiger charge is 2.20. The Kier molecular flexibility index (Phi) is 3.27. The van der Waals surface area contributed by atoms with Crippen molar-refractivity contribution in [3.63, 3.8) is 0 Å². The maximum atomic E-state index is 12.2. The molecule has 0 unspecified atom stereocenters. The fourth-order valence-corrected chi connectivity index (χ4v) is 1.96. The Bertz CT molecular complexity index is 620. The molecule has 0 saturated carbocycles. The first kappa shape index (κ1) is 13.5. The summed E-state index contributed by atoms with van der Waals surface area (Å²) in [5.41, 5.74) is 1.33. The molecule has 2 rings (SSSR count). The summed E-state index contributed by atoms with van der Waals surface area (Å²) in [6.07, 6.45) is 1.42. The Hall–Kier alpha value is -1.97. The lowest BCUT2D eigenvalue weighted by Crippen LogP contribution is -2.26. The summed E-state index contributed by atoms with van der Waals surface area (Å²) in [4.78, 5) is 12.2. The normalized spacial score (nSPS) is 11.6. The predicted octanol–water partition coefficient (Wildman–Crippen LogP) is 3.74. The molecule has 0 aliphatic heterocycles. The number of hydrogen-bond acceptors (Lipinski definition) is 3. The number of ether oxygens (including phenoxy) is 2. The molecule has 0 radical (unpaired) electrons. The SMILES string of the molecule is COc1ccc2c(c1)c(C)cn2C(=O)OC(C)(C)C. The molecule has 0 aliphatic rings. The van der Waals surface area contributed by atoms with Gasteiger partial charge in [-0.2, -0.15) is 0 Å². The molecule has 2 aromatic rings. The lowest BCUT2D eigenvalue weighted by molar-refractivity contribution is 0.0544. The minimum atomic E-state index is -0.506. The van der Waals surface area contributed by atoms with Gasteiger partial charge in [-0.15, -0.1) is 0 Å². The van der Waals surface area contributed by atoms with Crippen LogP contribution in [0.5, 0.6) is 5.75 Å². The van der Waals surface area contributed by atoms with E-state index in [0.29, 0.717) is 0 Å². The first-order valence-electron chi connectivity index (χ1n) is 6.21. The molecular formula is C15H19NO3. The number of aromatic nitrogens is 1. The van der Waals surface area contributed by atoms with Gasteiger partial charge in [-0.25, -0.2) is 4.79 Å². The average Bonchev–Trinajstić information content (AvgIpc) is 2.64. The van der Waals surface area contributed by atoms with Crippen LogP contribution in [0.2, 0.25) is 0 Å². The van der Waals surface area contributed by atoms with Crippen LogP contribution in [0, 0.1) is 6.92 Å². The highest BCUT2D eigenvalue weighted by molar-refractivity contribution is 5.92. The van der Waals surface area contributed by atoms with E-state index >= 15 is 0 Å². The van der Waals surface area contributed by atoms with E-state index in [1.165, 1.54) is 4.57 Å². The summed E-state index contributed by atoms with van der Waals surface area (Å²) in [5.74, 6) is 0.775. The molecule has 1 aromatic heterocycles. The van der Waals surface area contributed by atoms with E-state index in [0.717, 1.165) is 22.2 Å². The maximum absolute atomic E-state index is 12.2. The minimum Gasteiger partial charge on any atom is -0.497 e. The van der Waals surface area contributed by atoms with E-state index in [1.54, 1.807) is 13.3 Å². The molecule has 0 spiro atoms. The van der Waals surface area contributed by atoms with Crippen molar-refractivity contribution >= 4 is 17.0 Å². The molecule has 4 heteroatoms. The number of fused-ring (bicyclic) bond motifs is 1. The van der Waals surface area contributed by atoms with E-state index in [2.05, 4.69) is 0 Å². The number of rotatable bonds is 1. The van der Waals surface area contributed by atoms with Gasteiger partial charge in [0.15, 0.2) is 0 Å². The Balaban J connectivity index is 2.48. The third-order valence-electron chi connectivity index (χ3n) is 2.80. The number of benzene rings is 1. The van der Waals surface area contributed by atoms with E-state index < -0.39 is 5.60 Å². The molecule has 102 valence electrons. The van der Waals surface area contributed by atoms with Gasteiger partial charge in [-0.1, -0.05) is 0 Å². The number of methoxy groups -OCH3 is 1. The van der Waals surface area contributed by atoms with Crippen LogP contribution < -0.4 is 4.74 Å². The van der Waals surface area contributed by atoms with Gasteiger partial charge in [-0.3, -0.25) is 4.57 Å². The second-order valence-electron chi connectivity index (χ2n) is 5.55. The standard InChI is InChI=1S/C15H19NO3/c1-10-9-16(14(17)19-15(2,3)4)13-7-6-11(18-5)8-12(10)13/h6-9H,1-5H3. The molecule has 0 aliphatic carbocycles. The third kappa shape index (κ3) is 2.72. The first-order chi connectivity index (χ1) is 8.81. The minimum absolute atomic E-state index is 0.365. The Morgan fingerprint density at radius 3 is 2.53 bits per heavy atom. The van der Waals surface area contributed by atoms with E-state index in [1.807, 2.05) is 45.9 Å². The molecule has 4 nitrogen and oxygen atoms in total.